The average molecular weight is 467 g/mol. The van der Waals surface area contributed by atoms with Crippen molar-refractivity contribution in [2.24, 2.45) is 0 Å². The Morgan fingerprint density at radius 1 is 0.882 bits per heavy atom. The molecule has 3 aromatic carbocycles. The van der Waals surface area contributed by atoms with Crippen molar-refractivity contribution in [2.45, 2.75) is 39.2 Å². The highest BCUT2D eigenvalue weighted by Crippen LogP contribution is 2.32. The number of aryl methyl sites for hydroxylation is 1. The van der Waals surface area contributed by atoms with Crippen LogP contribution in [0, 0.1) is 0 Å². The molecule has 0 spiro atoms. The zero-order chi connectivity index (χ0) is 23.3. The summed E-state index contributed by atoms with van der Waals surface area (Å²) in [7, 11) is 2.07. The molecule has 0 radical (unpaired) electrons. The molecule has 0 aliphatic carbocycles. The van der Waals surface area contributed by atoms with E-state index in [-0.39, 0.29) is 0 Å². The van der Waals surface area contributed by atoms with Gasteiger partial charge in [0.25, 0.3) is 0 Å². The van der Waals surface area contributed by atoms with Crippen LogP contribution >= 0.6 is 11.3 Å². The van der Waals surface area contributed by atoms with Crippen LogP contribution in [0.4, 0.5) is 5.69 Å². The van der Waals surface area contributed by atoms with Gasteiger partial charge >= 0.3 is 0 Å². The van der Waals surface area contributed by atoms with Crippen molar-refractivity contribution in [1.29, 1.82) is 0 Å². The van der Waals surface area contributed by atoms with Crippen molar-refractivity contribution in [3.05, 3.63) is 84.8 Å². The molecule has 0 atom stereocenters. The maximum absolute atomic E-state index is 5.04. The molecular formula is C29H30N4S. The van der Waals surface area contributed by atoms with Crippen LogP contribution in [-0.4, -0.2) is 21.6 Å². The van der Waals surface area contributed by atoms with Gasteiger partial charge in [0.05, 0.1) is 21.3 Å². The lowest BCUT2D eigenvalue weighted by atomic mass is 10.2. The van der Waals surface area contributed by atoms with Gasteiger partial charge in [-0.2, -0.15) is 0 Å². The summed E-state index contributed by atoms with van der Waals surface area (Å²) in [5.74, 6) is 0.996. The number of thiazole rings is 1. The number of nitrogens with zero attached hydrogens (tertiary/aromatic N) is 4. The number of para-hydroxylation sites is 2. The summed E-state index contributed by atoms with van der Waals surface area (Å²) in [4.78, 5) is 12.0. The van der Waals surface area contributed by atoms with Crippen molar-refractivity contribution in [1.82, 2.24) is 14.5 Å². The van der Waals surface area contributed by atoms with Crippen LogP contribution in [0.2, 0.25) is 0 Å². The van der Waals surface area contributed by atoms with Gasteiger partial charge in [-0.15, -0.1) is 11.3 Å². The molecule has 0 saturated heterocycles. The van der Waals surface area contributed by atoms with E-state index in [0.717, 1.165) is 46.1 Å². The second-order valence-electron chi connectivity index (χ2n) is 8.63. The third-order valence-corrected chi connectivity index (χ3v) is 7.25. The minimum absolute atomic E-state index is 0.978. The quantitative estimate of drug-likeness (QED) is 0.206. The molecule has 2 aromatic heterocycles. The first-order valence-corrected chi connectivity index (χ1v) is 12.9. The van der Waals surface area contributed by atoms with Crippen LogP contribution in [0.1, 0.15) is 38.4 Å². The largest absolute Gasteiger partial charge is 0.351 e. The van der Waals surface area contributed by atoms with Crippen molar-refractivity contribution < 1.29 is 0 Å². The Kier molecular flexibility index (Phi) is 6.72. The number of benzene rings is 3. The first-order chi connectivity index (χ1) is 16.7. The van der Waals surface area contributed by atoms with Gasteiger partial charge in [-0.05, 0) is 55.0 Å². The Morgan fingerprint density at radius 3 is 2.53 bits per heavy atom. The first kappa shape index (κ1) is 22.4. The highest BCUT2D eigenvalue weighted by molar-refractivity contribution is 7.21. The van der Waals surface area contributed by atoms with E-state index in [1.54, 1.807) is 11.3 Å². The summed E-state index contributed by atoms with van der Waals surface area (Å²) in [5, 5.41) is 1.04. The Hall–Kier alpha value is -3.44. The lowest BCUT2D eigenvalue weighted by Crippen LogP contribution is -2.08. The molecule has 5 heteroatoms. The molecule has 0 amide bonds. The Balaban J connectivity index is 1.49. The smallest absolute Gasteiger partial charge is 0.135 e. The fourth-order valence-electron chi connectivity index (χ4n) is 4.26. The van der Waals surface area contributed by atoms with Crippen LogP contribution in [0.3, 0.4) is 0 Å². The number of hydrogen-bond acceptors (Lipinski definition) is 4. The third-order valence-electron chi connectivity index (χ3n) is 6.16. The highest BCUT2D eigenvalue weighted by Gasteiger charge is 2.12. The van der Waals surface area contributed by atoms with Crippen LogP contribution < -0.4 is 4.90 Å². The number of fused-ring (bicyclic) bond motifs is 2. The molecule has 0 N–H and O–H groups in total. The molecule has 0 fully saturated rings. The van der Waals surface area contributed by atoms with Crippen LogP contribution in [0.5, 0.6) is 0 Å². The summed E-state index contributed by atoms with van der Waals surface area (Å²) in [6.45, 7) is 3.23. The van der Waals surface area contributed by atoms with E-state index in [1.807, 2.05) is 12.1 Å². The monoisotopic (exact) mass is 466 g/mol. The summed E-state index contributed by atoms with van der Waals surface area (Å²) in [6.07, 6.45) is 9.15. The molecule has 0 unspecified atom stereocenters. The molecule has 34 heavy (non-hydrogen) atoms. The number of hydrogen-bond donors (Lipinski definition) is 0. The number of unbranched alkanes of at least 4 members (excludes halogenated alkanes) is 3. The molecular weight excluding hydrogens is 436 g/mol. The van der Waals surface area contributed by atoms with Gasteiger partial charge in [-0.25, -0.2) is 9.97 Å². The Bertz CT molecular complexity index is 1380. The number of aromatic nitrogens is 3. The second-order valence-corrected chi connectivity index (χ2v) is 9.67. The van der Waals surface area contributed by atoms with Gasteiger partial charge in [0.15, 0.2) is 0 Å². The first-order valence-electron chi connectivity index (χ1n) is 12.1. The van der Waals surface area contributed by atoms with Gasteiger partial charge in [0.2, 0.25) is 0 Å². The van der Waals surface area contributed by atoms with Gasteiger partial charge in [0.1, 0.15) is 10.8 Å². The fraction of sp³-hybridized carbons (Fsp3) is 0.241. The predicted octanol–water partition coefficient (Wildman–Crippen LogP) is 8.00. The van der Waals surface area contributed by atoms with Crippen molar-refractivity contribution in [2.75, 3.05) is 11.9 Å². The van der Waals surface area contributed by atoms with Gasteiger partial charge in [-0.3, -0.25) is 0 Å². The molecule has 0 aliphatic rings. The Labute approximate surface area is 205 Å². The van der Waals surface area contributed by atoms with Crippen LogP contribution in [0.25, 0.3) is 37.9 Å². The van der Waals surface area contributed by atoms with E-state index in [9.17, 15) is 0 Å². The van der Waals surface area contributed by atoms with Gasteiger partial charge in [0, 0.05) is 31.0 Å². The highest BCUT2D eigenvalue weighted by atomic mass is 32.1. The lowest BCUT2D eigenvalue weighted by molar-refractivity contribution is 0.588. The summed E-state index contributed by atoms with van der Waals surface area (Å²) in [5.41, 5.74) is 5.54. The zero-order valence-electron chi connectivity index (χ0n) is 19.8. The normalized spacial score (nSPS) is 11.7. The van der Waals surface area contributed by atoms with E-state index in [2.05, 4.69) is 96.4 Å². The predicted molar refractivity (Wildman–Crippen MR) is 146 cm³/mol. The maximum Gasteiger partial charge on any atom is 0.135 e. The molecule has 2 heterocycles. The molecule has 5 aromatic rings. The number of anilines is 1. The second kappa shape index (κ2) is 10.2. The van der Waals surface area contributed by atoms with Gasteiger partial charge in [-0.1, -0.05) is 56.5 Å². The summed E-state index contributed by atoms with van der Waals surface area (Å²) < 4.78 is 3.58. The van der Waals surface area contributed by atoms with E-state index < -0.39 is 0 Å². The molecule has 4 nitrogen and oxygen atoms in total. The Morgan fingerprint density at radius 2 is 1.71 bits per heavy atom. The minimum atomic E-state index is 0.978. The van der Waals surface area contributed by atoms with E-state index in [4.69, 9.17) is 9.97 Å². The van der Waals surface area contributed by atoms with Gasteiger partial charge < -0.3 is 9.47 Å². The standard InChI is InChI=1S/C29H30N4S/c1-3-4-5-11-19-33-26-17-16-22(29-31-24-14-9-10-15-27(24)34-29)21-25(26)30-28(33)18-20-32(2)23-12-7-6-8-13-23/h6-10,12-18,20-21H,3-5,11,19H2,1-2H3/b20-18+. The maximum atomic E-state index is 5.04. The molecule has 0 bridgehead atoms. The molecule has 172 valence electrons. The molecule has 0 aliphatic heterocycles. The van der Waals surface area contributed by atoms with E-state index in [1.165, 1.54) is 29.5 Å². The van der Waals surface area contributed by atoms with Crippen LogP contribution in [-0.2, 0) is 6.54 Å². The fourth-order valence-corrected chi connectivity index (χ4v) is 5.23. The minimum Gasteiger partial charge on any atom is -0.351 e. The third kappa shape index (κ3) is 4.75. The van der Waals surface area contributed by atoms with E-state index >= 15 is 0 Å². The topological polar surface area (TPSA) is 34.0 Å². The lowest BCUT2D eigenvalue weighted by Gasteiger charge is -2.14. The summed E-state index contributed by atoms with van der Waals surface area (Å²) in [6, 6.07) is 25.3. The van der Waals surface area contributed by atoms with E-state index in [0.29, 0.717) is 0 Å². The van der Waals surface area contributed by atoms with Crippen molar-refractivity contribution >= 4 is 44.4 Å². The van der Waals surface area contributed by atoms with Crippen LogP contribution in [0.15, 0.2) is 79.0 Å². The molecule has 5 rings (SSSR count). The number of imidazole rings is 1. The number of rotatable bonds is 9. The molecule has 0 saturated carbocycles. The van der Waals surface area contributed by atoms with Crippen molar-refractivity contribution in [3.63, 3.8) is 0 Å². The summed E-state index contributed by atoms with van der Waals surface area (Å²) >= 11 is 1.73. The zero-order valence-corrected chi connectivity index (χ0v) is 20.6. The SMILES string of the molecule is CCCCCCn1c(/C=C/N(C)c2ccccc2)nc2cc(-c3nc4ccccc4s3)ccc21. The average Bonchev–Trinajstić information content (AvgIpc) is 3.46. The van der Waals surface area contributed by atoms with Crippen molar-refractivity contribution in [3.8, 4) is 10.6 Å².